The molecule has 0 bridgehead atoms. The summed E-state index contributed by atoms with van der Waals surface area (Å²) in [5.41, 5.74) is 4.23. The van der Waals surface area contributed by atoms with Crippen LogP contribution in [0.2, 0.25) is 6.04 Å². The highest BCUT2D eigenvalue weighted by molar-refractivity contribution is 6.69. The van der Waals surface area contributed by atoms with E-state index in [0.717, 1.165) is 0 Å². The molecule has 58 valence electrons. The second-order valence-corrected chi connectivity index (χ2v) is 5.48. The monoisotopic (exact) mass is 154 g/mol. The molecule has 0 radical (unpaired) electrons. The van der Waals surface area contributed by atoms with Crippen LogP contribution in [0.25, 0.3) is 0 Å². The van der Waals surface area contributed by atoms with Gasteiger partial charge in [0, 0.05) is 0 Å². The Morgan fingerprint density at radius 3 is 2.20 bits per heavy atom. The molecular formula is C9H18Si. The Bertz CT molecular complexity index is 88.9. The summed E-state index contributed by atoms with van der Waals surface area (Å²) < 4.78 is 0. The first-order valence-corrected chi connectivity index (χ1v) is 6.25. The van der Waals surface area contributed by atoms with Crippen molar-refractivity contribution in [3.05, 3.63) is 24.6 Å². The van der Waals surface area contributed by atoms with Crippen LogP contribution in [0, 0.1) is 0 Å². The molecule has 0 aromatic carbocycles. The molecule has 0 aromatic rings. The van der Waals surface area contributed by atoms with Crippen molar-refractivity contribution in [2.24, 2.45) is 0 Å². The van der Waals surface area contributed by atoms with Gasteiger partial charge in [0.15, 0.2) is 0 Å². The summed E-state index contributed by atoms with van der Waals surface area (Å²) in [6.07, 6.45) is 4.05. The number of hydrogen-bond donors (Lipinski definition) is 0. The lowest BCUT2D eigenvalue weighted by atomic mass is 10.3. The van der Waals surface area contributed by atoms with Gasteiger partial charge in [-0.05, 0) is 0 Å². The highest BCUT2D eigenvalue weighted by Gasteiger charge is 1.98. The topological polar surface area (TPSA) is 0 Å². The van der Waals surface area contributed by atoms with Crippen LogP contribution >= 0.6 is 0 Å². The molecule has 0 aliphatic carbocycles. The van der Waals surface area contributed by atoms with E-state index >= 15 is 0 Å². The molecule has 0 aromatic heterocycles. The van der Waals surface area contributed by atoms with Gasteiger partial charge in [0.05, 0.1) is 8.80 Å². The summed E-state index contributed by atoms with van der Waals surface area (Å²) in [5.74, 6) is 0. The van der Waals surface area contributed by atoms with Crippen LogP contribution in [0.5, 0.6) is 0 Å². The summed E-state index contributed by atoms with van der Waals surface area (Å²) in [6.45, 7) is 9.84. The summed E-state index contributed by atoms with van der Waals surface area (Å²) in [4.78, 5) is 0. The lowest BCUT2D eigenvalue weighted by molar-refractivity contribution is 0.768. The molecule has 10 heavy (non-hydrogen) atoms. The van der Waals surface area contributed by atoms with Crippen molar-refractivity contribution < 1.29 is 0 Å². The maximum absolute atomic E-state index is 3.80. The fourth-order valence-electron chi connectivity index (χ4n) is 0.962. The average Bonchev–Trinajstić information content (AvgIpc) is 1.99. The summed E-state index contributed by atoms with van der Waals surface area (Å²) in [6, 6.07) is 1.36. The van der Waals surface area contributed by atoms with Crippen LogP contribution in [0.15, 0.2) is 24.6 Å². The molecule has 0 aliphatic rings. The lowest BCUT2D eigenvalue weighted by Crippen LogP contribution is -2.03. The third-order valence-corrected chi connectivity index (χ3v) is 4.03. The molecule has 0 heterocycles. The normalized spacial score (nSPS) is 9.80. The van der Waals surface area contributed by atoms with Crippen LogP contribution in [-0.4, -0.2) is 8.80 Å². The van der Waals surface area contributed by atoms with Crippen LogP contribution < -0.4 is 0 Å². The molecule has 1 heteroatoms. The summed E-state index contributed by atoms with van der Waals surface area (Å²) >= 11 is 0. The first kappa shape index (κ1) is 9.70. The Balaban J connectivity index is 3.25. The molecule has 0 amide bonds. The lowest BCUT2D eigenvalue weighted by Gasteiger charge is -2.02. The predicted molar refractivity (Wildman–Crippen MR) is 51.9 cm³/mol. The van der Waals surface area contributed by atoms with Gasteiger partial charge in [-0.15, -0.1) is 24.6 Å². The standard InChI is InChI=1S/C9H18Si/c1-4-7-8-9-10(5-2)6-3/h5-6,10H,2-4,7-9H2,1H3. The minimum atomic E-state index is -0.696. The molecule has 0 N–H and O–H groups in total. The molecule has 0 fully saturated rings. The molecule has 0 saturated heterocycles. The maximum atomic E-state index is 3.80. The predicted octanol–water partition coefficient (Wildman–Crippen LogP) is 2.85. The fourth-order valence-corrected chi connectivity index (χ4v) is 2.39. The van der Waals surface area contributed by atoms with Gasteiger partial charge >= 0.3 is 0 Å². The van der Waals surface area contributed by atoms with Crippen molar-refractivity contribution in [3.63, 3.8) is 0 Å². The molecule has 0 nitrogen and oxygen atoms in total. The van der Waals surface area contributed by atoms with Gasteiger partial charge in [-0.2, -0.15) is 0 Å². The van der Waals surface area contributed by atoms with E-state index in [4.69, 9.17) is 0 Å². The molecule has 0 unspecified atom stereocenters. The van der Waals surface area contributed by atoms with E-state index in [1.54, 1.807) is 0 Å². The van der Waals surface area contributed by atoms with E-state index in [1.165, 1.54) is 25.3 Å². The Morgan fingerprint density at radius 1 is 1.20 bits per heavy atom. The van der Waals surface area contributed by atoms with E-state index in [1.807, 2.05) is 0 Å². The van der Waals surface area contributed by atoms with Crippen LogP contribution in [0.3, 0.4) is 0 Å². The third-order valence-electron chi connectivity index (χ3n) is 1.75. The average molecular weight is 154 g/mol. The van der Waals surface area contributed by atoms with E-state index in [2.05, 4.69) is 31.5 Å². The van der Waals surface area contributed by atoms with E-state index < -0.39 is 8.80 Å². The SMILES string of the molecule is C=C[SiH](C=C)CCCCC. The third kappa shape index (κ3) is 4.56. The Kier molecular flexibility index (Phi) is 6.61. The Labute approximate surface area is 66.3 Å². The second-order valence-electron chi connectivity index (χ2n) is 2.63. The van der Waals surface area contributed by atoms with Gasteiger partial charge in [0.2, 0.25) is 0 Å². The molecule has 0 atom stereocenters. The summed E-state index contributed by atoms with van der Waals surface area (Å²) in [7, 11) is -0.696. The first-order chi connectivity index (χ1) is 4.85. The van der Waals surface area contributed by atoms with Crippen LogP contribution in [-0.2, 0) is 0 Å². The highest BCUT2D eigenvalue weighted by atomic mass is 28.3. The number of rotatable bonds is 6. The van der Waals surface area contributed by atoms with Gasteiger partial charge in [-0.3, -0.25) is 0 Å². The van der Waals surface area contributed by atoms with Crippen LogP contribution in [0.1, 0.15) is 26.2 Å². The minimum Gasteiger partial charge on any atom is -0.107 e. The van der Waals surface area contributed by atoms with E-state index in [-0.39, 0.29) is 0 Å². The second kappa shape index (κ2) is 6.81. The smallest absolute Gasteiger partial charge is 0.0838 e. The maximum Gasteiger partial charge on any atom is 0.0838 e. The van der Waals surface area contributed by atoms with Gasteiger partial charge < -0.3 is 0 Å². The van der Waals surface area contributed by atoms with Crippen molar-refractivity contribution in [2.45, 2.75) is 32.2 Å². The van der Waals surface area contributed by atoms with Crippen molar-refractivity contribution in [1.82, 2.24) is 0 Å². The summed E-state index contributed by atoms with van der Waals surface area (Å²) in [5, 5.41) is 0. The number of hydrogen-bond acceptors (Lipinski definition) is 0. The molecule has 0 aliphatic heterocycles. The van der Waals surface area contributed by atoms with Gasteiger partial charge in [0.1, 0.15) is 0 Å². The van der Waals surface area contributed by atoms with Gasteiger partial charge in [0.25, 0.3) is 0 Å². The van der Waals surface area contributed by atoms with Crippen molar-refractivity contribution >= 4 is 8.80 Å². The molecule has 0 spiro atoms. The zero-order valence-electron chi connectivity index (χ0n) is 6.97. The fraction of sp³-hybridized carbons (Fsp3) is 0.556. The Hall–Kier alpha value is -0.303. The number of unbranched alkanes of at least 4 members (excludes halogenated alkanes) is 2. The van der Waals surface area contributed by atoms with Gasteiger partial charge in [-0.1, -0.05) is 32.2 Å². The van der Waals surface area contributed by atoms with Crippen molar-refractivity contribution in [2.75, 3.05) is 0 Å². The zero-order chi connectivity index (χ0) is 7.82. The quantitative estimate of drug-likeness (QED) is 0.408. The van der Waals surface area contributed by atoms with Crippen LogP contribution in [0.4, 0.5) is 0 Å². The van der Waals surface area contributed by atoms with Crippen molar-refractivity contribution in [1.29, 1.82) is 0 Å². The molecular weight excluding hydrogens is 136 g/mol. The largest absolute Gasteiger partial charge is 0.107 e. The molecule has 0 saturated carbocycles. The van der Waals surface area contributed by atoms with Crippen molar-refractivity contribution in [3.8, 4) is 0 Å². The van der Waals surface area contributed by atoms with E-state index in [0.29, 0.717) is 0 Å². The minimum absolute atomic E-state index is 0.696. The zero-order valence-corrected chi connectivity index (χ0v) is 8.13. The Morgan fingerprint density at radius 2 is 1.80 bits per heavy atom. The van der Waals surface area contributed by atoms with Gasteiger partial charge in [-0.25, -0.2) is 0 Å². The highest BCUT2D eigenvalue weighted by Crippen LogP contribution is 2.04. The first-order valence-electron chi connectivity index (χ1n) is 4.10. The van der Waals surface area contributed by atoms with E-state index in [9.17, 15) is 0 Å². The molecule has 0 rings (SSSR count).